The summed E-state index contributed by atoms with van der Waals surface area (Å²) in [6, 6.07) is 24.1. The highest BCUT2D eigenvalue weighted by Gasteiger charge is 2.37. The van der Waals surface area contributed by atoms with Gasteiger partial charge < -0.3 is 14.2 Å². The van der Waals surface area contributed by atoms with Crippen LogP contribution < -0.4 is 24.4 Å². The topological polar surface area (TPSA) is 94.2 Å². The van der Waals surface area contributed by atoms with E-state index >= 15 is 0 Å². The molecule has 1 aliphatic rings. The fourth-order valence-electron chi connectivity index (χ4n) is 4.46. The Labute approximate surface area is 264 Å². The molecule has 0 unspecified atom stereocenters. The average Bonchev–Trinajstić information content (AvgIpc) is 3.00. The number of carbonyl (C=O) groups is 3. The van der Waals surface area contributed by atoms with Crippen LogP contribution in [0, 0.1) is 6.92 Å². The van der Waals surface area contributed by atoms with Crippen molar-refractivity contribution in [2.45, 2.75) is 27.1 Å². The molecule has 1 N–H and O–H groups in total. The molecule has 1 aliphatic heterocycles. The van der Waals surface area contributed by atoms with Gasteiger partial charge in [-0.05, 0) is 79.1 Å². The van der Waals surface area contributed by atoms with Gasteiger partial charge in [0, 0.05) is 15.6 Å². The largest absolute Gasteiger partial charge is 0.490 e. The van der Waals surface area contributed by atoms with E-state index in [-0.39, 0.29) is 17.9 Å². The number of nitrogens with zero attached hydrogens (tertiary/aromatic N) is 1. The van der Waals surface area contributed by atoms with Crippen molar-refractivity contribution in [1.82, 2.24) is 5.32 Å². The Kier molecular flexibility index (Phi) is 9.53. The van der Waals surface area contributed by atoms with Crippen molar-refractivity contribution in [3.8, 4) is 17.2 Å². The van der Waals surface area contributed by atoms with Crippen molar-refractivity contribution in [1.29, 1.82) is 0 Å². The summed E-state index contributed by atoms with van der Waals surface area (Å²) in [7, 11) is 0. The highest BCUT2D eigenvalue weighted by Crippen LogP contribution is 2.32. The molecular formula is C34H28Cl2N2O6. The van der Waals surface area contributed by atoms with Gasteiger partial charge in [-0.2, -0.15) is 0 Å². The number of imide groups is 2. The summed E-state index contributed by atoms with van der Waals surface area (Å²) in [6.07, 6.45) is 1.35. The Hall–Kier alpha value is -4.79. The number of rotatable bonds is 10. The van der Waals surface area contributed by atoms with Crippen molar-refractivity contribution >= 4 is 52.8 Å². The second-order valence-electron chi connectivity index (χ2n) is 9.85. The number of anilines is 1. The summed E-state index contributed by atoms with van der Waals surface area (Å²) >= 11 is 12.5. The summed E-state index contributed by atoms with van der Waals surface area (Å²) in [5.74, 6) is -0.0999. The quantitative estimate of drug-likeness (QED) is 0.144. The molecule has 4 aromatic carbocycles. The number of hydrogen-bond donors (Lipinski definition) is 1. The lowest BCUT2D eigenvalue weighted by Gasteiger charge is -2.26. The van der Waals surface area contributed by atoms with Crippen LogP contribution >= 0.6 is 23.2 Å². The van der Waals surface area contributed by atoms with E-state index in [0.29, 0.717) is 46.1 Å². The SMILES string of the molecule is CCOc1cc(COc2ccc(Cl)cc2/C=C2\C(=O)NC(=O)N(c3ccc(C)c(Cl)c3)C2=O)ccc1OCc1ccccc1. The molecule has 0 radical (unpaired) electrons. The monoisotopic (exact) mass is 630 g/mol. The number of urea groups is 1. The van der Waals surface area contributed by atoms with Gasteiger partial charge >= 0.3 is 6.03 Å². The van der Waals surface area contributed by atoms with E-state index in [0.717, 1.165) is 21.6 Å². The van der Waals surface area contributed by atoms with Gasteiger partial charge in [0.1, 0.15) is 24.5 Å². The van der Waals surface area contributed by atoms with Crippen molar-refractivity contribution in [2.24, 2.45) is 0 Å². The fraction of sp³-hybridized carbons (Fsp3) is 0.147. The van der Waals surface area contributed by atoms with E-state index in [1.807, 2.05) is 55.5 Å². The third-order valence-electron chi connectivity index (χ3n) is 6.73. The van der Waals surface area contributed by atoms with E-state index < -0.39 is 17.8 Å². The molecule has 0 spiro atoms. The van der Waals surface area contributed by atoms with Gasteiger partial charge in [-0.15, -0.1) is 0 Å². The second kappa shape index (κ2) is 13.7. The standard InChI is InChI=1S/C34H28Cl2N2O6/c1-3-42-31-15-23(10-13-30(31)44-19-22-7-5-4-6-8-22)20-43-29-14-11-25(35)16-24(29)17-27-32(39)37-34(41)38(33(27)40)26-12-9-21(2)28(36)18-26/h4-18H,3,19-20H2,1-2H3,(H,37,39,41)/b27-17+. The van der Waals surface area contributed by atoms with Crippen LogP contribution in [0.3, 0.4) is 0 Å². The maximum Gasteiger partial charge on any atom is 0.335 e. The molecule has 0 aromatic heterocycles. The molecular weight excluding hydrogens is 603 g/mol. The molecule has 10 heteroatoms. The van der Waals surface area contributed by atoms with Gasteiger partial charge in [0.05, 0.1) is 12.3 Å². The minimum atomic E-state index is -0.874. The number of halogens is 2. The van der Waals surface area contributed by atoms with E-state index in [4.69, 9.17) is 37.4 Å². The number of benzene rings is 4. The second-order valence-corrected chi connectivity index (χ2v) is 10.7. The van der Waals surface area contributed by atoms with Crippen LogP contribution in [0.15, 0.2) is 90.5 Å². The van der Waals surface area contributed by atoms with Crippen molar-refractivity contribution in [3.05, 3.63) is 123 Å². The highest BCUT2D eigenvalue weighted by molar-refractivity contribution is 6.39. The molecule has 1 saturated heterocycles. The number of hydrogen-bond acceptors (Lipinski definition) is 6. The first kappa shape index (κ1) is 30.7. The molecule has 44 heavy (non-hydrogen) atoms. The van der Waals surface area contributed by atoms with E-state index in [2.05, 4.69) is 5.32 Å². The summed E-state index contributed by atoms with van der Waals surface area (Å²) < 4.78 is 17.9. The lowest BCUT2D eigenvalue weighted by molar-refractivity contribution is -0.122. The van der Waals surface area contributed by atoms with Crippen LogP contribution in [0.2, 0.25) is 10.0 Å². The van der Waals surface area contributed by atoms with Gasteiger partial charge in [-0.25, -0.2) is 9.69 Å². The highest BCUT2D eigenvalue weighted by atomic mass is 35.5. The zero-order chi connectivity index (χ0) is 31.2. The van der Waals surface area contributed by atoms with Gasteiger partial charge in [-0.3, -0.25) is 14.9 Å². The lowest BCUT2D eigenvalue weighted by atomic mass is 10.1. The van der Waals surface area contributed by atoms with Crippen LogP contribution in [-0.2, 0) is 22.8 Å². The summed E-state index contributed by atoms with van der Waals surface area (Å²) in [5.41, 5.74) is 2.94. The normalized spacial score (nSPS) is 14.0. The van der Waals surface area contributed by atoms with E-state index in [9.17, 15) is 14.4 Å². The van der Waals surface area contributed by atoms with Crippen molar-refractivity contribution in [2.75, 3.05) is 11.5 Å². The average molecular weight is 632 g/mol. The molecule has 224 valence electrons. The minimum Gasteiger partial charge on any atom is -0.490 e. The fourth-order valence-corrected chi connectivity index (χ4v) is 4.81. The maximum atomic E-state index is 13.4. The van der Waals surface area contributed by atoms with Gasteiger partial charge in [0.15, 0.2) is 11.5 Å². The Bertz CT molecular complexity index is 1760. The number of amides is 4. The zero-order valence-corrected chi connectivity index (χ0v) is 25.4. The predicted molar refractivity (Wildman–Crippen MR) is 169 cm³/mol. The molecule has 4 amide bonds. The molecule has 0 aliphatic carbocycles. The van der Waals surface area contributed by atoms with Crippen LogP contribution in [0.1, 0.15) is 29.2 Å². The third kappa shape index (κ3) is 7.05. The molecule has 0 atom stereocenters. The van der Waals surface area contributed by atoms with Crippen molar-refractivity contribution in [3.63, 3.8) is 0 Å². The van der Waals surface area contributed by atoms with Gasteiger partial charge in [-0.1, -0.05) is 65.7 Å². The number of barbiturate groups is 1. The van der Waals surface area contributed by atoms with Crippen molar-refractivity contribution < 1.29 is 28.6 Å². The first-order chi connectivity index (χ1) is 21.2. The lowest BCUT2D eigenvalue weighted by Crippen LogP contribution is -2.54. The molecule has 1 fully saturated rings. The number of aryl methyl sites for hydroxylation is 1. The number of nitrogens with one attached hydrogen (secondary N) is 1. The third-order valence-corrected chi connectivity index (χ3v) is 7.37. The summed E-state index contributed by atoms with van der Waals surface area (Å²) in [6.45, 7) is 4.68. The Balaban J connectivity index is 1.37. The molecule has 4 aromatic rings. The van der Waals surface area contributed by atoms with E-state index in [1.165, 1.54) is 12.1 Å². The zero-order valence-electron chi connectivity index (χ0n) is 23.9. The van der Waals surface area contributed by atoms with Crippen LogP contribution in [0.25, 0.3) is 6.08 Å². The molecule has 8 nitrogen and oxygen atoms in total. The summed E-state index contributed by atoms with van der Waals surface area (Å²) in [5, 5.41) is 2.95. The van der Waals surface area contributed by atoms with Gasteiger partial charge in [0.25, 0.3) is 11.8 Å². The van der Waals surface area contributed by atoms with Crippen LogP contribution in [-0.4, -0.2) is 24.5 Å². The molecule has 0 saturated carbocycles. The number of ether oxygens (including phenoxy) is 3. The first-order valence-corrected chi connectivity index (χ1v) is 14.5. The first-order valence-electron chi connectivity index (χ1n) is 13.8. The smallest absolute Gasteiger partial charge is 0.335 e. The maximum absolute atomic E-state index is 13.4. The Morgan fingerprint density at radius 2 is 1.50 bits per heavy atom. The summed E-state index contributed by atoms with van der Waals surface area (Å²) in [4.78, 5) is 39.7. The minimum absolute atomic E-state index is 0.142. The van der Waals surface area contributed by atoms with Crippen LogP contribution in [0.5, 0.6) is 17.2 Å². The molecule has 1 heterocycles. The number of carbonyl (C=O) groups excluding carboxylic acids is 3. The predicted octanol–water partition coefficient (Wildman–Crippen LogP) is 7.52. The van der Waals surface area contributed by atoms with E-state index in [1.54, 1.807) is 37.3 Å². The molecule has 5 rings (SSSR count). The Morgan fingerprint density at radius 3 is 2.25 bits per heavy atom. The van der Waals surface area contributed by atoms with Crippen LogP contribution in [0.4, 0.5) is 10.5 Å². The van der Waals surface area contributed by atoms with Gasteiger partial charge in [0.2, 0.25) is 0 Å². The molecule has 0 bridgehead atoms. The Morgan fingerprint density at radius 1 is 0.773 bits per heavy atom.